The number of fused-ring (bicyclic) bond motifs is 1. The number of ether oxygens (including phenoxy) is 2. The monoisotopic (exact) mass is 372 g/mol. The first-order chi connectivity index (χ1) is 13.7. The van der Waals surface area contributed by atoms with E-state index in [0.29, 0.717) is 24.7 Å². The summed E-state index contributed by atoms with van der Waals surface area (Å²) in [5.74, 6) is 1.78. The van der Waals surface area contributed by atoms with Crippen molar-refractivity contribution in [3.63, 3.8) is 0 Å². The van der Waals surface area contributed by atoms with Crippen LogP contribution in [0.4, 0.5) is 17.6 Å². The Morgan fingerprint density at radius 3 is 2.61 bits per heavy atom. The predicted molar refractivity (Wildman–Crippen MR) is 105 cm³/mol. The first kappa shape index (κ1) is 17.3. The van der Waals surface area contributed by atoms with Crippen LogP contribution in [0.15, 0.2) is 48.5 Å². The molecule has 0 atom stereocenters. The van der Waals surface area contributed by atoms with E-state index in [1.165, 1.54) is 0 Å². The third kappa shape index (κ3) is 3.83. The topological polar surface area (TPSA) is 119 Å². The van der Waals surface area contributed by atoms with Crippen molar-refractivity contribution in [3.8, 4) is 17.6 Å². The molecule has 0 saturated carbocycles. The van der Waals surface area contributed by atoms with Gasteiger partial charge in [0.15, 0.2) is 17.3 Å². The van der Waals surface area contributed by atoms with E-state index in [4.69, 9.17) is 15.2 Å². The molecule has 1 aliphatic heterocycles. The fourth-order valence-corrected chi connectivity index (χ4v) is 2.68. The van der Waals surface area contributed by atoms with Crippen LogP contribution >= 0.6 is 0 Å². The van der Waals surface area contributed by atoms with Gasteiger partial charge in [-0.3, -0.25) is 0 Å². The van der Waals surface area contributed by atoms with Gasteiger partial charge in [-0.1, -0.05) is 24.3 Å². The molecular weight excluding hydrogens is 356 g/mol. The Bertz CT molecular complexity index is 1080. The van der Waals surface area contributed by atoms with E-state index < -0.39 is 0 Å². The Labute approximate surface area is 161 Å². The van der Waals surface area contributed by atoms with E-state index in [1.54, 1.807) is 18.2 Å². The lowest BCUT2D eigenvalue weighted by Gasteiger charge is -2.18. The van der Waals surface area contributed by atoms with Crippen molar-refractivity contribution >= 4 is 29.2 Å². The first-order valence-electron chi connectivity index (χ1n) is 8.57. The fourth-order valence-electron chi connectivity index (χ4n) is 2.68. The summed E-state index contributed by atoms with van der Waals surface area (Å²) in [5, 5.41) is 12.7. The molecule has 1 aliphatic rings. The normalized spacial score (nSPS) is 12.9. The van der Waals surface area contributed by atoms with Gasteiger partial charge in [-0.15, -0.1) is 0 Å². The summed E-state index contributed by atoms with van der Waals surface area (Å²) >= 11 is 0. The van der Waals surface area contributed by atoms with Gasteiger partial charge in [-0.25, -0.2) is 0 Å². The van der Waals surface area contributed by atoms with Crippen molar-refractivity contribution in [3.05, 3.63) is 59.9 Å². The molecule has 0 radical (unpaired) electrons. The zero-order chi connectivity index (χ0) is 19.3. The van der Waals surface area contributed by atoms with Crippen molar-refractivity contribution in [1.82, 2.24) is 15.0 Å². The van der Waals surface area contributed by atoms with E-state index in [2.05, 4.69) is 26.3 Å². The average Bonchev–Trinajstić information content (AvgIpc) is 2.72. The van der Waals surface area contributed by atoms with Crippen molar-refractivity contribution in [2.45, 2.75) is 0 Å². The summed E-state index contributed by atoms with van der Waals surface area (Å²) in [5.41, 5.74) is 7.63. The van der Waals surface area contributed by atoms with Gasteiger partial charge in [0.25, 0.3) is 0 Å². The molecule has 3 aromatic rings. The van der Waals surface area contributed by atoms with E-state index in [9.17, 15) is 5.26 Å². The lowest BCUT2D eigenvalue weighted by Crippen LogP contribution is -2.15. The number of nitrogens with one attached hydrogen (secondary N) is 1. The molecule has 8 heteroatoms. The van der Waals surface area contributed by atoms with Crippen molar-refractivity contribution in [2.24, 2.45) is 0 Å². The summed E-state index contributed by atoms with van der Waals surface area (Å²) in [4.78, 5) is 12.5. The Kier molecular flexibility index (Phi) is 4.72. The smallest absolute Gasteiger partial charge is 0.232 e. The van der Waals surface area contributed by atoms with Crippen LogP contribution in [-0.2, 0) is 0 Å². The van der Waals surface area contributed by atoms with Gasteiger partial charge in [0, 0.05) is 5.69 Å². The molecule has 0 saturated heterocycles. The van der Waals surface area contributed by atoms with Crippen LogP contribution < -0.4 is 20.5 Å². The molecule has 1 aromatic heterocycles. The maximum Gasteiger partial charge on any atom is 0.232 e. The van der Waals surface area contributed by atoms with E-state index in [1.807, 2.05) is 36.4 Å². The number of hydrogen-bond donors (Lipinski definition) is 2. The van der Waals surface area contributed by atoms with Crippen molar-refractivity contribution in [1.29, 1.82) is 5.26 Å². The number of nitrogen functional groups attached to an aromatic ring is 1. The molecule has 0 amide bonds. The van der Waals surface area contributed by atoms with E-state index in [0.717, 1.165) is 11.3 Å². The summed E-state index contributed by atoms with van der Waals surface area (Å²) in [7, 11) is 0. The number of nitriles is 1. The van der Waals surface area contributed by atoms with Crippen LogP contribution in [0.3, 0.4) is 0 Å². The highest BCUT2D eigenvalue weighted by molar-refractivity contribution is 5.87. The third-order valence-corrected chi connectivity index (χ3v) is 3.92. The van der Waals surface area contributed by atoms with Gasteiger partial charge in [-0.05, 0) is 35.9 Å². The molecular formula is C20H16N6O2. The molecule has 0 fully saturated rings. The number of rotatable bonds is 4. The molecule has 2 aromatic carbocycles. The largest absolute Gasteiger partial charge is 0.486 e. The van der Waals surface area contributed by atoms with Crippen LogP contribution in [0.5, 0.6) is 11.5 Å². The Balaban J connectivity index is 1.66. The number of aromatic nitrogens is 3. The van der Waals surface area contributed by atoms with Crippen LogP contribution in [0.25, 0.3) is 11.6 Å². The molecule has 0 aliphatic carbocycles. The number of hydrogen-bond acceptors (Lipinski definition) is 8. The first-order valence-corrected chi connectivity index (χ1v) is 8.57. The summed E-state index contributed by atoms with van der Waals surface area (Å²) in [6.07, 6.45) is 1.67. The lowest BCUT2D eigenvalue weighted by atomic mass is 10.1. The van der Waals surface area contributed by atoms with E-state index in [-0.39, 0.29) is 23.3 Å². The van der Waals surface area contributed by atoms with Crippen molar-refractivity contribution in [2.75, 3.05) is 24.3 Å². The number of benzene rings is 2. The number of para-hydroxylation sites is 1. The summed E-state index contributed by atoms with van der Waals surface area (Å²) in [6.45, 7) is 1.01. The quantitative estimate of drug-likeness (QED) is 0.671. The van der Waals surface area contributed by atoms with E-state index >= 15 is 0 Å². The van der Waals surface area contributed by atoms with Gasteiger partial charge in [0.2, 0.25) is 11.9 Å². The lowest BCUT2D eigenvalue weighted by molar-refractivity contribution is 0.171. The third-order valence-electron chi connectivity index (χ3n) is 3.92. The predicted octanol–water partition coefficient (Wildman–Crippen LogP) is 3.03. The second kappa shape index (κ2) is 7.63. The number of allylic oxidation sites excluding steroid dienone is 1. The maximum atomic E-state index is 9.61. The summed E-state index contributed by atoms with van der Waals surface area (Å²) in [6, 6.07) is 17.0. The van der Waals surface area contributed by atoms with Crippen LogP contribution in [0.2, 0.25) is 0 Å². The number of nitrogens with two attached hydrogens (primary N) is 1. The van der Waals surface area contributed by atoms with Crippen LogP contribution in [0.1, 0.15) is 11.4 Å². The maximum absolute atomic E-state index is 9.61. The molecule has 28 heavy (non-hydrogen) atoms. The highest BCUT2D eigenvalue weighted by Gasteiger charge is 2.13. The summed E-state index contributed by atoms with van der Waals surface area (Å²) < 4.78 is 11.1. The van der Waals surface area contributed by atoms with Crippen LogP contribution in [0, 0.1) is 11.3 Å². The second-order valence-electron chi connectivity index (χ2n) is 5.90. The Morgan fingerprint density at radius 1 is 1.04 bits per heavy atom. The minimum absolute atomic E-state index is 0.0201. The highest BCUT2D eigenvalue weighted by Crippen LogP contribution is 2.32. The Hall–Kier alpha value is -4.12. The van der Waals surface area contributed by atoms with Gasteiger partial charge in [-0.2, -0.15) is 20.2 Å². The second-order valence-corrected chi connectivity index (χ2v) is 5.90. The standard InChI is InChI=1S/C20H16N6O2/c21-12-14(10-13-6-7-16-17(11-13)28-9-8-27-16)18-24-19(22)26-20(25-18)23-15-4-2-1-3-5-15/h1-7,10-11H,8-9H2,(H3,22,23,24,25,26)/b14-10-. The fraction of sp³-hybridized carbons (Fsp3) is 0.100. The molecule has 0 spiro atoms. The zero-order valence-corrected chi connectivity index (χ0v) is 14.8. The molecule has 0 unspecified atom stereocenters. The molecule has 0 bridgehead atoms. The molecule has 8 nitrogen and oxygen atoms in total. The van der Waals surface area contributed by atoms with Gasteiger partial charge in [0.1, 0.15) is 19.3 Å². The molecule has 138 valence electrons. The van der Waals surface area contributed by atoms with Gasteiger partial charge < -0.3 is 20.5 Å². The van der Waals surface area contributed by atoms with Crippen LogP contribution in [-0.4, -0.2) is 28.2 Å². The minimum atomic E-state index is 0.0201. The molecule has 3 N–H and O–H groups in total. The average molecular weight is 372 g/mol. The number of anilines is 3. The number of nitrogens with zero attached hydrogens (tertiary/aromatic N) is 4. The highest BCUT2D eigenvalue weighted by atomic mass is 16.6. The van der Waals surface area contributed by atoms with Gasteiger partial charge >= 0.3 is 0 Å². The van der Waals surface area contributed by atoms with Gasteiger partial charge in [0.05, 0.1) is 5.57 Å². The van der Waals surface area contributed by atoms with Crippen molar-refractivity contribution < 1.29 is 9.47 Å². The molecule has 2 heterocycles. The zero-order valence-electron chi connectivity index (χ0n) is 14.8. The SMILES string of the molecule is N#C/C(=C/c1ccc2c(c1)OCCO2)c1nc(N)nc(Nc2ccccc2)n1. The minimum Gasteiger partial charge on any atom is -0.486 e. The Morgan fingerprint density at radius 2 is 1.82 bits per heavy atom. The molecule has 4 rings (SSSR count).